The molecule has 3 N–H and O–H groups in total. The van der Waals surface area contributed by atoms with Gasteiger partial charge in [-0.1, -0.05) is 6.07 Å². The number of ether oxygens (including phenoxy) is 1. The van der Waals surface area contributed by atoms with Crippen LogP contribution in [0.1, 0.15) is 19.5 Å². The second-order valence-electron chi connectivity index (χ2n) is 3.89. The largest absolute Gasteiger partial charge is 0.383 e. The normalized spacial score (nSPS) is 12.2. The minimum absolute atomic E-state index is 0.0118. The number of hydrogen-bond acceptors (Lipinski definition) is 4. The molecule has 1 aromatic rings. The Bertz CT molecular complexity index is 381. The Kier molecular flexibility index (Phi) is 4.90. The molecule has 0 amide bonds. The highest BCUT2D eigenvalue weighted by Crippen LogP contribution is 2.14. The molecule has 1 atom stereocenters. The number of pyridine rings is 1. The van der Waals surface area contributed by atoms with Crippen molar-refractivity contribution >= 4 is 11.7 Å². The molecule has 0 saturated heterocycles. The van der Waals surface area contributed by atoms with Crippen LogP contribution in [0.15, 0.2) is 18.2 Å². The number of nitrogen functional groups attached to an aromatic ring is 1. The first-order valence-electron chi connectivity index (χ1n) is 5.67. The fraction of sp³-hybridized carbons (Fsp3) is 0.500. The average molecular weight is 236 g/mol. The maximum absolute atomic E-state index is 7.39. The van der Waals surface area contributed by atoms with Crippen LogP contribution >= 0.6 is 0 Å². The quantitative estimate of drug-likeness (QED) is 0.575. The second-order valence-corrected chi connectivity index (χ2v) is 3.89. The topological polar surface area (TPSA) is 75.2 Å². The number of likely N-dealkylation sites (N-methyl/N-ethyl adjacent to an activating group) is 1. The summed E-state index contributed by atoms with van der Waals surface area (Å²) in [7, 11) is 1.68. The fourth-order valence-corrected chi connectivity index (χ4v) is 1.76. The Hall–Kier alpha value is -1.62. The van der Waals surface area contributed by atoms with Gasteiger partial charge in [0.25, 0.3) is 0 Å². The van der Waals surface area contributed by atoms with Crippen LogP contribution in [-0.4, -0.2) is 37.1 Å². The van der Waals surface area contributed by atoms with E-state index in [2.05, 4.69) is 23.7 Å². The molecule has 94 valence electrons. The van der Waals surface area contributed by atoms with E-state index in [0.29, 0.717) is 12.3 Å². The van der Waals surface area contributed by atoms with Crippen molar-refractivity contribution in [2.75, 3.05) is 25.2 Å². The molecule has 1 unspecified atom stereocenters. The van der Waals surface area contributed by atoms with Crippen molar-refractivity contribution in [3.05, 3.63) is 23.9 Å². The lowest BCUT2D eigenvalue weighted by Gasteiger charge is -2.28. The highest BCUT2D eigenvalue weighted by atomic mass is 16.5. The molecular formula is C12H20N4O. The highest BCUT2D eigenvalue weighted by molar-refractivity contribution is 5.93. The molecule has 5 nitrogen and oxygen atoms in total. The third-order valence-electron chi connectivity index (χ3n) is 2.59. The minimum Gasteiger partial charge on any atom is -0.383 e. The van der Waals surface area contributed by atoms with Gasteiger partial charge in [0.05, 0.1) is 12.6 Å². The van der Waals surface area contributed by atoms with Gasteiger partial charge in [-0.15, -0.1) is 0 Å². The first kappa shape index (κ1) is 13.4. The maximum Gasteiger partial charge on any atom is 0.141 e. The van der Waals surface area contributed by atoms with E-state index < -0.39 is 0 Å². The second kappa shape index (κ2) is 6.20. The van der Waals surface area contributed by atoms with Gasteiger partial charge < -0.3 is 15.4 Å². The summed E-state index contributed by atoms with van der Waals surface area (Å²) in [4.78, 5) is 6.49. The predicted octanol–water partition coefficient (Wildman–Crippen LogP) is 1.23. The van der Waals surface area contributed by atoms with E-state index >= 15 is 0 Å². The Balaban J connectivity index is 2.95. The number of nitrogens with one attached hydrogen (secondary N) is 1. The highest BCUT2D eigenvalue weighted by Gasteiger charge is 2.14. The first-order chi connectivity index (χ1) is 8.10. The Morgan fingerprint density at radius 2 is 2.29 bits per heavy atom. The summed E-state index contributed by atoms with van der Waals surface area (Å²) >= 11 is 0. The standard InChI is InChI=1S/C12H20N4O/c1-4-16(9(2)8-17-3)11-7-5-6-10(15-11)12(13)14/h5-7,9H,4,8H2,1-3H3,(H3,13,14). The van der Waals surface area contributed by atoms with Crippen LogP contribution in [0.3, 0.4) is 0 Å². The SMILES string of the molecule is CCN(c1cccc(C(=N)N)n1)C(C)COC. The predicted molar refractivity (Wildman–Crippen MR) is 69.6 cm³/mol. The number of methoxy groups -OCH3 is 1. The number of anilines is 1. The molecule has 0 aliphatic heterocycles. The lowest BCUT2D eigenvalue weighted by molar-refractivity contribution is 0.181. The van der Waals surface area contributed by atoms with Crippen molar-refractivity contribution in [3.63, 3.8) is 0 Å². The maximum atomic E-state index is 7.39. The molecule has 0 aliphatic rings. The smallest absolute Gasteiger partial charge is 0.141 e. The van der Waals surface area contributed by atoms with Crippen LogP contribution in [-0.2, 0) is 4.74 Å². The molecule has 1 rings (SSSR count). The molecule has 1 heterocycles. The summed E-state index contributed by atoms with van der Waals surface area (Å²) in [6.07, 6.45) is 0. The van der Waals surface area contributed by atoms with E-state index in [4.69, 9.17) is 15.9 Å². The van der Waals surface area contributed by atoms with Crippen molar-refractivity contribution in [3.8, 4) is 0 Å². The van der Waals surface area contributed by atoms with E-state index in [9.17, 15) is 0 Å². The molecule has 0 saturated carbocycles. The number of rotatable bonds is 6. The van der Waals surface area contributed by atoms with Crippen LogP contribution in [0.5, 0.6) is 0 Å². The van der Waals surface area contributed by atoms with E-state index in [0.717, 1.165) is 12.4 Å². The lowest BCUT2D eigenvalue weighted by atomic mass is 10.2. The van der Waals surface area contributed by atoms with Gasteiger partial charge in [0.2, 0.25) is 0 Å². The van der Waals surface area contributed by atoms with Crippen molar-refractivity contribution in [2.24, 2.45) is 5.73 Å². The van der Waals surface area contributed by atoms with Gasteiger partial charge in [0.15, 0.2) is 0 Å². The average Bonchev–Trinajstić information content (AvgIpc) is 2.30. The Labute approximate surface area is 102 Å². The third-order valence-corrected chi connectivity index (χ3v) is 2.59. The summed E-state index contributed by atoms with van der Waals surface area (Å²) in [6.45, 7) is 5.61. The molecule has 0 bridgehead atoms. The van der Waals surface area contributed by atoms with E-state index in [-0.39, 0.29) is 11.9 Å². The van der Waals surface area contributed by atoms with Gasteiger partial charge in [0.1, 0.15) is 17.3 Å². The molecule has 0 aromatic carbocycles. The zero-order chi connectivity index (χ0) is 12.8. The van der Waals surface area contributed by atoms with E-state index in [1.807, 2.05) is 12.1 Å². The number of aromatic nitrogens is 1. The summed E-state index contributed by atoms with van der Waals surface area (Å²) in [5.41, 5.74) is 5.94. The van der Waals surface area contributed by atoms with Crippen LogP contribution < -0.4 is 10.6 Å². The van der Waals surface area contributed by atoms with Gasteiger partial charge in [-0.3, -0.25) is 5.41 Å². The van der Waals surface area contributed by atoms with E-state index in [1.165, 1.54) is 0 Å². The lowest BCUT2D eigenvalue weighted by Crippen LogP contribution is -2.37. The fourth-order valence-electron chi connectivity index (χ4n) is 1.76. The van der Waals surface area contributed by atoms with Gasteiger partial charge in [-0.25, -0.2) is 4.98 Å². The van der Waals surface area contributed by atoms with Crippen LogP contribution in [0.4, 0.5) is 5.82 Å². The molecule has 0 spiro atoms. The third kappa shape index (κ3) is 3.42. The summed E-state index contributed by atoms with van der Waals surface area (Å²) in [6, 6.07) is 5.75. The zero-order valence-electron chi connectivity index (χ0n) is 10.6. The summed E-state index contributed by atoms with van der Waals surface area (Å²) in [5, 5.41) is 7.39. The van der Waals surface area contributed by atoms with Crippen LogP contribution in [0, 0.1) is 5.41 Å². The Morgan fingerprint density at radius 1 is 1.59 bits per heavy atom. The Morgan fingerprint density at radius 3 is 2.82 bits per heavy atom. The molecule has 0 aliphatic carbocycles. The van der Waals surface area contributed by atoms with Gasteiger partial charge in [-0.05, 0) is 26.0 Å². The number of nitrogens with two attached hydrogens (primary N) is 1. The monoisotopic (exact) mass is 236 g/mol. The number of nitrogens with zero attached hydrogens (tertiary/aromatic N) is 2. The van der Waals surface area contributed by atoms with Crippen molar-refractivity contribution in [1.29, 1.82) is 5.41 Å². The summed E-state index contributed by atoms with van der Waals surface area (Å²) < 4.78 is 5.15. The van der Waals surface area contributed by atoms with Crippen LogP contribution in [0.2, 0.25) is 0 Å². The van der Waals surface area contributed by atoms with Crippen LogP contribution in [0.25, 0.3) is 0 Å². The molecule has 0 fully saturated rings. The van der Waals surface area contributed by atoms with Gasteiger partial charge in [0, 0.05) is 13.7 Å². The molecule has 1 aromatic heterocycles. The first-order valence-corrected chi connectivity index (χ1v) is 5.67. The molecule has 17 heavy (non-hydrogen) atoms. The van der Waals surface area contributed by atoms with Gasteiger partial charge >= 0.3 is 0 Å². The molecule has 5 heteroatoms. The van der Waals surface area contributed by atoms with E-state index in [1.54, 1.807) is 13.2 Å². The van der Waals surface area contributed by atoms with Crippen molar-refractivity contribution < 1.29 is 4.74 Å². The molecule has 0 radical (unpaired) electrons. The number of amidine groups is 1. The molecular weight excluding hydrogens is 216 g/mol. The number of hydrogen-bond donors (Lipinski definition) is 2. The van der Waals surface area contributed by atoms with Gasteiger partial charge in [-0.2, -0.15) is 0 Å². The minimum atomic E-state index is -0.0118. The van der Waals surface area contributed by atoms with Crippen molar-refractivity contribution in [2.45, 2.75) is 19.9 Å². The van der Waals surface area contributed by atoms with Crippen molar-refractivity contribution in [1.82, 2.24) is 4.98 Å². The zero-order valence-corrected chi connectivity index (χ0v) is 10.6. The summed E-state index contributed by atoms with van der Waals surface area (Å²) in [5.74, 6) is 0.812.